The number of nitrogens with one attached hydrogen (secondary N) is 2. The van der Waals surface area contributed by atoms with Crippen LogP contribution in [0.25, 0.3) is 17.1 Å². The van der Waals surface area contributed by atoms with E-state index < -0.39 is 12.4 Å². The van der Waals surface area contributed by atoms with E-state index >= 15 is 0 Å². The second-order valence-electron chi connectivity index (χ2n) is 8.07. The number of nitrogens with zero attached hydrogens (tertiary/aromatic N) is 3. The van der Waals surface area contributed by atoms with Crippen LogP contribution in [0.2, 0.25) is 0 Å². The number of urea groups is 1. The van der Waals surface area contributed by atoms with Crippen LogP contribution in [0.5, 0.6) is 11.5 Å². The Bertz CT molecular complexity index is 1440. The van der Waals surface area contributed by atoms with Gasteiger partial charge < -0.3 is 14.8 Å². The van der Waals surface area contributed by atoms with Gasteiger partial charge in [0.05, 0.1) is 12.8 Å². The van der Waals surface area contributed by atoms with Gasteiger partial charge in [0.1, 0.15) is 22.8 Å². The van der Waals surface area contributed by atoms with Gasteiger partial charge in [-0.2, -0.15) is 0 Å². The summed E-state index contributed by atoms with van der Waals surface area (Å²) in [4.78, 5) is 16.9. The largest absolute Gasteiger partial charge is 0.573 e. The Kier molecular flexibility index (Phi) is 7.91. The van der Waals surface area contributed by atoms with E-state index in [0.29, 0.717) is 22.2 Å². The minimum absolute atomic E-state index is 0.268. The number of aryl methyl sites for hydroxylation is 1. The SMILES string of the molecule is COc1ccc(C(=S)NC(=O)NCc2ccc(-c3ncn(-c4ccc(OC(F)(F)F)cc4)n3)cc2)c(C)c1. The Hall–Kier alpha value is -4.45. The highest BCUT2D eigenvalue weighted by atomic mass is 32.1. The number of carbonyl (C=O) groups is 1. The van der Waals surface area contributed by atoms with Crippen molar-refractivity contribution < 1.29 is 27.4 Å². The molecule has 0 bridgehead atoms. The minimum Gasteiger partial charge on any atom is -0.497 e. The van der Waals surface area contributed by atoms with E-state index in [1.54, 1.807) is 31.4 Å². The lowest BCUT2D eigenvalue weighted by atomic mass is 10.1. The molecule has 0 fully saturated rings. The number of aromatic nitrogens is 3. The fourth-order valence-electron chi connectivity index (χ4n) is 3.51. The third kappa shape index (κ3) is 6.85. The van der Waals surface area contributed by atoms with Gasteiger partial charge in [-0.25, -0.2) is 14.5 Å². The maximum absolute atomic E-state index is 12.3. The number of thiocarbonyl (C=S) groups is 1. The number of hydrogen-bond donors (Lipinski definition) is 2. The van der Waals surface area contributed by atoms with Crippen LogP contribution in [0.4, 0.5) is 18.0 Å². The first kappa shape index (κ1) is 26.6. The summed E-state index contributed by atoms with van der Waals surface area (Å²) in [6, 6.07) is 17.5. The van der Waals surface area contributed by atoms with Gasteiger partial charge in [-0.05, 0) is 60.5 Å². The lowest BCUT2D eigenvalue weighted by molar-refractivity contribution is -0.274. The predicted molar refractivity (Wildman–Crippen MR) is 138 cm³/mol. The third-order valence-electron chi connectivity index (χ3n) is 5.40. The van der Waals surface area contributed by atoms with E-state index in [4.69, 9.17) is 17.0 Å². The second-order valence-corrected chi connectivity index (χ2v) is 8.48. The van der Waals surface area contributed by atoms with Crippen molar-refractivity contribution in [2.24, 2.45) is 0 Å². The summed E-state index contributed by atoms with van der Waals surface area (Å²) >= 11 is 5.35. The van der Waals surface area contributed by atoms with Crippen molar-refractivity contribution in [3.63, 3.8) is 0 Å². The Morgan fingerprint density at radius 1 is 1.03 bits per heavy atom. The standard InChI is InChI=1S/C26H22F3N5O3S/c1-16-13-21(36-2)11-12-22(16)24(38)32-25(35)30-14-17-3-5-18(6-4-17)23-31-15-34(33-23)19-7-9-20(10-8-19)37-26(27,28)29/h3-13,15H,14H2,1-2H3,(H2,30,32,35,38). The summed E-state index contributed by atoms with van der Waals surface area (Å²) in [6.07, 6.45) is -3.29. The summed E-state index contributed by atoms with van der Waals surface area (Å²) < 4.78 is 47.5. The van der Waals surface area contributed by atoms with Crippen molar-refractivity contribution >= 4 is 23.2 Å². The first-order valence-corrected chi connectivity index (χ1v) is 11.6. The van der Waals surface area contributed by atoms with Crippen LogP contribution in [-0.2, 0) is 6.54 Å². The van der Waals surface area contributed by atoms with Crippen LogP contribution in [0.3, 0.4) is 0 Å². The van der Waals surface area contributed by atoms with Gasteiger partial charge in [0.15, 0.2) is 5.82 Å². The minimum atomic E-state index is -4.75. The molecule has 4 rings (SSSR count). The molecule has 0 saturated carbocycles. The van der Waals surface area contributed by atoms with E-state index in [2.05, 4.69) is 25.5 Å². The molecule has 1 aromatic heterocycles. The number of ether oxygens (including phenoxy) is 2. The lowest BCUT2D eigenvalue weighted by Crippen LogP contribution is -2.38. The van der Waals surface area contributed by atoms with Gasteiger partial charge in [0.2, 0.25) is 0 Å². The van der Waals surface area contributed by atoms with Crippen molar-refractivity contribution in [2.45, 2.75) is 19.8 Å². The van der Waals surface area contributed by atoms with E-state index in [1.807, 2.05) is 25.1 Å². The zero-order valence-corrected chi connectivity index (χ0v) is 21.1. The Balaban J connectivity index is 1.32. The highest BCUT2D eigenvalue weighted by Gasteiger charge is 2.31. The Morgan fingerprint density at radius 3 is 2.34 bits per heavy atom. The number of benzene rings is 3. The first-order valence-electron chi connectivity index (χ1n) is 11.2. The second kappa shape index (κ2) is 11.3. The summed E-state index contributed by atoms with van der Waals surface area (Å²) in [7, 11) is 1.58. The summed E-state index contributed by atoms with van der Waals surface area (Å²) in [5.41, 5.74) is 3.71. The van der Waals surface area contributed by atoms with Crippen molar-refractivity contribution in [3.05, 3.63) is 89.7 Å². The van der Waals surface area contributed by atoms with Gasteiger partial charge in [0.25, 0.3) is 0 Å². The molecular weight excluding hydrogens is 519 g/mol. The normalized spacial score (nSPS) is 11.1. The van der Waals surface area contributed by atoms with Gasteiger partial charge in [-0.15, -0.1) is 18.3 Å². The van der Waals surface area contributed by atoms with Crippen LogP contribution >= 0.6 is 12.2 Å². The zero-order chi connectivity index (χ0) is 27.3. The molecule has 0 spiro atoms. The fraction of sp³-hybridized carbons (Fsp3) is 0.154. The Morgan fingerprint density at radius 2 is 1.71 bits per heavy atom. The fourth-order valence-corrected chi connectivity index (χ4v) is 3.83. The highest BCUT2D eigenvalue weighted by Crippen LogP contribution is 2.24. The molecule has 0 unspecified atom stereocenters. The number of amides is 2. The van der Waals surface area contributed by atoms with Crippen molar-refractivity contribution in [3.8, 4) is 28.6 Å². The highest BCUT2D eigenvalue weighted by molar-refractivity contribution is 7.80. The molecule has 38 heavy (non-hydrogen) atoms. The number of halogens is 3. The molecule has 0 saturated heterocycles. The van der Waals surface area contributed by atoms with Crippen LogP contribution in [0, 0.1) is 6.92 Å². The number of methoxy groups -OCH3 is 1. The Labute approximate surface area is 221 Å². The molecule has 0 aliphatic rings. The first-order chi connectivity index (χ1) is 18.1. The van der Waals surface area contributed by atoms with Gasteiger partial charge in [0, 0.05) is 17.7 Å². The number of carbonyl (C=O) groups excluding carboxylic acids is 1. The van der Waals surface area contributed by atoms with E-state index in [-0.39, 0.29) is 12.3 Å². The molecule has 0 atom stereocenters. The van der Waals surface area contributed by atoms with Gasteiger partial charge in [-0.1, -0.05) is 36.5 Å². The zero-order valence-electron chi connectivity index (χ0n) is 20.2. The summed E-state index contributed by atoms with van der Waals surface area (Å²) in [5.74, 6) is 0.813. The topological polar surface area (TPSA) is 90.3 Å². The molecule has 196 valence electrons. The predicted octanol–water partition coefficient (Wildman–Crippen LogP) is 5.32. The monoisotopic (exact) mass is 541 g/mol. The molecule has 12 heteroatoms. The molecule has 4 aromatic rings. The number of rotatable bonds is 7. The van der Waals surface area contributed by atoms with Crippen LogP contribution in [0.1, 0.15) is 16.7 Å². The molecule has 1 heterocycles. The number of hydrogen-bond acceptors (Lipinski definition) is 6. The average molecular weight is 542 g/mol. The maximum atomic E-state index is 12.3. The molecule has 0 aliphatic carbocycles. The summed E-state index contributed by atoms with van der Waals surface area (Å²) in [5, 5.41) is 9.81. The van der Waals surface area contributed by atoms with E-state index in [1.165, 1.54) is 35.3 Å². The number of alkyl halides is 3. The average Bonchev–Trinajstić information content (AvgIpc) is 3.37. The van der Waals surface area contributed by atoms with Crippen LogP contribution in [0.15, 0.2) is 73.1 Å². The molecule has 2 amide bonds. The van der Waals surface area contributed by atoms with Crippen LogP contribution < -0.4 is 20.1 Å². The quantitative estimate of drug-likeness (QED) is 0.308. The van der Waals surface area contributed by atoms with Crippen LogP contribution in [-0.4, -0.2) is 39.3 Å². The van der Waals surface area contributed by atoms with E-state index in [0.717, 1.165) is 22.3 Å². The van der Waals surface area contributed by atoms with Gasteiger partial charge in [-0.3, -0.25) is 5.32 Å². The van der Waals surface area contributed by atoms with Crippen molar-refractivity contribution in [2.75, 3.05) is 7.11 Å². The maximum Gasteiger partial charge on any atom is 0.573 e. The molecule has 0 aliphatic heterocycles. The molecule has 2 N–H and O–H groups in total. The summed E-state index contributed by atoms with van der Waals surface area (Å²) in [6.45, 7) is 2.15. The van der Waals surface area contributed by atoms with Crippen molar-refractivity contribution in [1.82, 2.24) is 25.4 Å². The molecular formula is C26H22F3N5O3S. The molecule has 8 nitrogen and oxygen atoms in total. The third-order valence-corrected chi connectivity index (χ3v) is 5.72. The lowest BCUT2D eigenvalue weighted by Gasteiger charge is -2.12. The van der Waals surface area contributed by atoms with E-state index in [9.17, 15) is 18.0 Å². The molecule has 3 aromatic carbocycles. The van der Waals surface area contributed by atoms with Crippen molar-refractivity contribution in [1.29, 1.82) is 0 Å². The smallest absolute Gasteiger partial charge is 0.497 e. The molecule has 0 radical (unpaired) electrons. The van der Waals surface area contributed by atoms with Gasteiger partial charge >= 0.3 is 12.4 Å².